The van der Waals surface area contributed by atoms with Gasteiger partial charge in [-0.2, -0.15) is 0 Å². The first-order chi connectivity index (χ1) is 8.72. The molecule has 1 aliphatic rings. The molecule has 4 heteroatoms. The maximum Gasteiger partial charge on any atom is 0.317 e. The number of nitrogens with one attached hydrogen (secondary N) is 1. The molecule has 0 radical (unpaired) electrons. The van der Waals surface area contributed by atoms with Gasteiger partial charge in [-0.25, -0.2) is 4.79 Å². The second kappa shape index (κ2) is 5.87. The van der Waals surface area contributed by atoms with Gasteiger partial charge in [0.05, 0.1) is 0 Å². The van der Waals surface area contributed by atoms with Crippen LogP contribution in [0.2, 0.25) is 0 Å². The minimum absolute atomic E-state index is 0.0406. The summed E-state index contributed by atoms with van der Waals surface area (Å²) in [6, 6.07) is 10.1. The number of rotatable bonds is 5. The van der Waals surface area contributed by atoms with Gasteiger partial charge >= 0.3 is 6.03 Å². The van der Waals surface area contributed by atoms with Crippen molar-refractivity contribution in [1.29, 1.82) is 0 Å². The molecular weight excluding hydrogens is 226 g/mol. The molecule has 1 saturated carbocycles. The van der Waals surface area contributed by atoms with Crippen LogP contribution in [0.5, 0.6) is 0 Å². The summed E-state index contributed by atoms with van der Waals surface area (Å²) in [5.74, 6) is 0.600. The predicted molar refractivity (Wildman–Crippen MR) is 72.0 cm³/mol. The lowest BCUT2D eigenvalue weighted by Gasteiger charge is -2.27. The van der Waals surface area contributed by atoms with Gasteiger partial charge < -0.3 is 16.0 Å². The Kier molecular flexibility index (Phi) is 4.20. The summed E-state index contributed by atoms with van der Waals surface area (Å²) in [5.41, 5.74) is 6.84. The van der Waals surface area contributed by atoms with Gasteiger partial charge in [0.15, 0.2) is 0 Å². The summed E-state index contributed by atoms with van der Waals surface area (Å²) in [4.78, 5) is 13.8. The van der Waals surface area contributed by atoms with Crippen LogP contribution in [-0.4, -0.2) is 30.6 Å². The SMILES string of the molecule is CN(C(=O)NCc1ccccc1)C(CN)C1CC1. The third-order valence-electron chi connectivity index (χ3n) is 3.51. The van der Waals surface area contributed by atoms with Crippen LogP contribution in [0, 0.1) is 5.92 Å². The van der Waals surface area contributed by atoms with Gasteiger partial charge in [-0.05, 0) is 24.3 Å². The van der Waals surface area contributed by atoms with E-state index in [1.807, 2.05) is 37.4 Å². The van der Waals surface area contributed by atoms with E-state index in [1.165, 1.54) is 12.8 Å². The van der Waals surface area contributed by atoms with Crippen molar-refractivity contribution in [2.45, 2.75) is 25.4 Å². The minimum atomic E-state index is -0.0406. The van der Waals surface area contributed by atoms with Crippen molar-refractivity contribution >= 4 is 6.03 Å². The maximum atomic E-state index is 12.0. The molecule has 1 unspecified atom stereocenters. The van der Waals surface area contributed by atoms with E-state index in [4.69, 9.17) is 5.73 Å². The molecule has 98 valence electrons. The van der Waals surface area contributed by atoms with E-state index in [9.17, 15) is 4.79 Å². The number of carbonyl (C=O) groups excluding carboxylic acids is 1. The number of likely N-dealkylation sites (N-methyl/N-ethyl adjacent to an activating group) is 1. The molecule has 1 fully saturated rings. The van der Waals surface area contributed by atoms with Gasteiger partial charge in [-0.1, -0.05) is 30.3 Å². The fourth-order valence-electron chi connectivity index (χ4n) is 2.20. The first kappa shape index (κ1) is 12.9. The van der Waals surface area contributed by atoms with E-state index >= 15 is 0 Å². The number of nitrogens with zero attached hydrogens (tertiary/aromatic N) is 1. The summed E-state index contributed by atoms with van der Waals surface area (Å²) in [6.07, 6.45) is 2.39. The molecular formula is C14H21N3O. The van der Waals surface area contributed by atoms with E-state index < -0.39 is 0 Å². The Balaban J connectivity index is 1.83. The lowest BCUT2D eigenvalue weighted by Crippen LogP contribution is -2.47. The Morgan fingerprint density at radius 3 is 2.67 bits per heavy atom. The van der Waals surface area contributed by atoms with Gasteiger partial charge in [0.2, 0.25) is 0 Å². The highest BCUT2D eigenvalue weighted by Gasteiger charge is 2.34. The summed E-state index contributed by atoms with van der Waals surface area (Å²) < 4.78 is 0. The second-order valence-electron chi connectivity index (χ2n) is 4.90. The van der Waals surface area contributed by atoms with Crippen LogP contribution in [0.25, 0.3) is 0 Å². The highest BCUT2D eigenvalue weighted by Crippen LogP contribution is 2.34. The number of amides is 2. The Bertz CT molecular complexity index is 389. The molecule has 3 N–H and O–H groups in total. The molecule has 4 nitrogen and oxygen atoms in total. The van der Waals surface area contributed by atoms with E-state index in [0.717, 1.165) is 5.56 Å². The molecule has 0 bridgehead atoms. The van der Waals surface area contributed by atoms with Crippen molar-refractivity contribution in [3.05, 3.63) is 35.9 Å². The monoisotopic (exact) mass is 247 g/mol. The molecule has 0 spiro atoms. The van der Waals surface area contributed by atoms with Crippen molar-refractivity contribution in [3.8, 4) is 0 Å². The predicted octanol–water partition coefficient (Wildman–Crippen LogP) is 1.57. The van der Waals surface area contributed by atoms with Crippen molar-refractivity contribution in [2.75, 3.05) is 13.6 Å². The smallest absolute Gasteiger partial charge is 0.317 e. The van der Waals surface area contributed by atoms with Crippen LogP contribution in [0.3, 0.4) is 0 Å². The van der Waals surface area contributed by atoms with E-state index in [0.29, 0.717) is 19.0 Å². The summed E-state index contributed by atoms with van der Waals surface area (Å²) in [6.45, 7) is 1.10. The zero-order chi connectivity index (χ0) is 13.0. The molecule has 0 aliphatic heterocycles. The summed E-state index contributed by atoms with van der Waals surface area (Å²) in [5, 5.41) is 2.93. The normalized spacial score (nSPS) is 16.1. The van der Waals surface area contributed by atoms with Crippen molar-refractivity contribution in [1.82, 2.24) is 10.2 Å². The van der Waals surface area contributed by atoms with E-state index in [1.54, 1.807) is 4.90 Å². The maximum absolute atomic E-state index is 12.0. The number of urea groups is 1. The molecule has 1 atom stereocenters. The third kappa shape index (κ3) is 3.23. The van der Waals surface area contributed by atoms with Crippen LogP contribution in [0.1, 0.15) is 18.4 Å². The highest BCUT2D eigenvalue weighted by atomic mass is 16.2. The molecule has 0 aromatic heterocycles. The number of hydrogen-bond donors (Lipinski definition) is 2. The summed E-state index contributed by atoms with van der Waals surface area (Å²) >= 11 is 0. The lowest BCUT2D eigenvalue weighted by atomic mass is 10.1. The van der Waals surface area contributed by atoms with Crippen molar-refractivity contribution in [2.24, 2.45) is 11.7 Å². The quantitative estimate of drug-likeness (QED) is 0.829. The molecule has 2 rings (SSSR count). The van der Waals surface area contributed by atoms with Crippen molar-refractivity contribution < 1.29 is 4.79 Å². The van der Waals surface area contributed by atoms with Gasteiger partial charge in [-0.3, -0.25) is 0 Å². The molecule has 18 heavy (non-hydrogen) atoms. The van der Waals surface area contributed by atoms with E-state index in [-0.39, 0.29) is 12.1 Å². The zero-order valence-corrected chi connectivity index (χ0v) is 10.8. The lowest BCUT2D eigenvalue weighted by molar-refractivity contribution is 0.184. The van der Waals surface area contributed by atoms with Crippen LogP contribution >= 0.6 is 0 Å². The molecule has 0 saturated heterocycles. The minimum Gasteiger partial charge on any atom is -0.334 e. The van der Waals surface area contributed by atoms with Gasteiger partial charge in [0, 0.05) is 26.2 Å². The zero-order valence-electron chi connectivity index (χ0n) is 10.8. The number of hydrogen-bond acceptors (Lipinski definition) is 2. The Labute approximate surface area is 108 Å². The molecule has 1 aliphatic carbocycles. The number of nitrogens with two attached hydrogens (primary N) is 1. The number of benzene rings is 1. The largest absolute Gasteiger partial charge is 0.334 e. The standard InChI is InChI=1S/C14H21N3O/c1-17(13(9-15)12-7-8-12)14(18)16-10-11-5-3-2-4-6-11/h2-6,12-13H,7-10,15H2,1H3,(H,16,18). The first-order valence-electron chi connectivity index (χ1n) is 6.47. The highest BCUT2D eigenvalue weighted by molar-refractivity contribution is 5.74. The fraction of sp³-hybridized carbons (Fsp3) is 0.500. The molecule has 0 heterocycles. The first-order valence-corrected chi connectivity index (χ1v) is 6.47. The van der Waals surface area contributed by atoms with Crippen LogP contribution < -0.4 is 11.1 Å². The van der Waals surface area contributed by atoms with Crippen LogP contribution in [-0.2, 0) is 6.54 Å². The fourth-order valence-corrected chi connectivity index (χ4v) is 2.20. The molecule has 2 amide bonds. The Hall–Kier alpha value is -1.55. The van der Waals surface area contributed by atoms with Crippen LogP contribution in [0.15, 0.2) is 30.3 Å². The van der Waals surface area contributed by atoms with Crippen LogP contribution in [0.4, 0.5) is 4.79 Å². The van der Waals surface area contributed by atoms with Crippen molar-refractivity contribution in [3.63, 3.8) is 0 Å². The Morgan fingerprint density at radius 1 is 1.44 bits per heavy atom. The van der Waals surface area contributed by atoms with Gasteiger partial charge in [0.1, 0.15) is 0 Å². The Morgan fingerprint density at radius 2 is 2.11 bits per heavy atom. The molecule has 1 aromatic carbocycles. The number of carbonyl (C=O) groups is 1. The van der Waals surface area contributed by atoms with E-state index in [2.05, 4.69) is 5.32 Å². The van der Waals surface area contributed by atoms with Gasteiger partial charge in [-0.15, -0.1) is 0 Å². The topological polar surface area (TPSA) is 58.4 Å². The third-order valence-corrected chi connectivity index (χ3v) is 3.51. The summed E-state index contributed by atoms with van der Waals surface area (Å²) in [7, 11) is 1.83. The molecule has 1 aromatic rings. The average Bonchev–Trinajstić information content (AvgIpc) is 3.22. The average molecular weight is 247 g/mol. The second-order valence-corrected chi connectivity index (χ2v) is 4.90. The van der Waals surface area contributed by atoms with Gasteiger partial charge in [0.25, 0.3) is 0 Å².